The Morgan fingerprint density at radius 3 is 2.97 bits per heavy atom. The average molecular weight is 442 g/mol. The van der Waals surface area contributed by atoms with Crippen molar-refractivity contribution in [2.75, 3.05) is 6.54 Å². The van der Waals surface area contributed by atoms with Gasteiger partial charge in [0, 0.05) is 30.6 Å². The van der Waals surface area contributed by atoms with E-state index in [0.717, 1.165) is 41.0 Å². The van der Waals surface area contributed by atoms with E-state index in [-0.39, 0.29) is 24.9 Å². The van der Waals surface area contributed by atoms with Crippen LogP contribution in [-0.2, 0) is 11.3 Å². The van der Waals surface area contributed by atoms with Crippen molar-refractivity contribution >= 4 is 50.2 Å². The summed E-state index contributed by atoms with van der Waals surface area (Å²) in [6.07, 6.45) is 3.22. The lowest BCUT2D eigenvalue weighted by Crippen LogP contribution is -2.39. The van der Waals surface area contributed by atoms with Crippen LogP contribution in [0.1, 0.15) is 36.7 Å². The standard InChI is InChI=1S/C22H20ClN3O3S/c23-14-8-9-16-18(13-14)29-22(28)26(16)12-10-20(27)25-11-4-3-6-17(25)21-24-15-5-1-2-7-19(15)30-21/h1-2,5,7-9,13,17H,3-4,6,10-12H2. The molecule has 1 atom stereocenters. The summed E-state index contributed by atoms with van der Waals surface area (Å²) >= 11 is 7.63. The number of fused-ring (bicyclic) bond motifs is 2. The second-order valence-electron chi connectivity index (χ2n) is 7.50. The highest BCUT2D eigenvalue weighted by Gasteiger charge is 2.30. The molecule has 6 nitrogen and oxygen atoms in total. The van der Waals surface area contributed by atoms with Gasteiger partial charge >= 0.3 is 5.76 Å². The normalized spacial score (nSPS) is 17.1. The van der Waals surface area contributed by atoms with Crippen LogP contribution in [0.3, 0.4) is 0 Å². The van der Waals surface area contributed by atoms with E-state index in [0.29, 0.717) is 16.1 Å². The van der Waals surface area contributed by atoms with Crippen molar-refractivity contribution in [1.29, 1.82) is 0 Å². The van der Waals surface area contributed by atoms with Gasteiger partial charge in [-0.3, -0.25) is 9.36 Å². The van der Waals surface area contributed by atoms with E-state index in [4.69, 9.17) is 21.0 Å². The van der Waals surface area contributed by atoms with Gasteiger partial charge in [0.25, 0.3) is 0 Å². The minimum Gasteiger partial charge on any atom is -0.408 e. The van der Waals surface area contributed by atoms with Gasteiger partial charge in [0.15, 0.2) is 5.58 Å². The van der Waals surface area contributed by atoms with Crippen LogP contribution in [-0.4, -0.2) is 26.9 Å². The molecule has 0 saturated carbocycles. The summed E-state index contributed by atoms with van der Waals surface area (Å²) in [5.74, 6) is -0.435. The molecule has 5 rings (SSSR count). The summed E-state index contributed by atoms with van der Waals surface area (Å²) in [5.41, 5.74) is 2.06. The highest BCUT2D eigenvalue weighted by atomic mass is 35.5. The molecule has 2 aromatic carbocycles. The minimum absolute atomic E-state index is 0.000252. The Hall–Kier alpha value is -2.64. The molecule has 1 unspecified atom stereocenters. The first-order valence-electron chi connectivity index (χ1n) is 10.0. The van der Waals surface area contributed by atoms with Crippen LogP contribution in [0.15, 0.2) is 51.7 Å². The van der Waals surface area contributed by atoms with Gasteiger partial charge in [-0.15, -0.1) is 11.3 Å². The molecular formula is C22H20ClN3O3S. The molecule has 0 aliphatic carbocycles. The number of oxazole rings is 1. The monoisotopic (exact) mass is 441 g/mol. The lowest BCUT2D eigenvalue weighted by atomic mass is 10.0. The van der Waals surface area contributed by atoms with E-state index in [2.05, 4.69) is 6.07 Å². The Kier molecular flexibility index (Phi) is 5.08. The maximum Gasteiger partial charge on any atom is 0.419 e. The zero-order valence-electron chi connectivity index (χ0n) is 16.2. The number of halogens is 1. The molecule has 1 amide bonds. The van der Waals surface area contributed by atoms with Crippen LogP contribution in [0, 0.1) is 0 Å². The second kappa shape index (κ2) is 7.89. The molecule has 0 radical (unpaired) electrons. The average Bonchev–Trinajstić information content (AvgIpc) is 3.32. The van der Waals surface area contributed by atoms with Crippen molar-refractivity contribution in [2.24, 2.45) is 0 Å². The van der Waals surface area contributed by atoms with E-state index in [1.165, 1.54) is 4.57 Å². The minimum atomic E-state index is -0.471. The summed E-state index contributed by atoms with van der Waals surface area (Å²) in [5, 5.41) is 1.50. The Morgan fingerprint density at radius 2 is 2.10 bits per heavy atom. The van der Waals surface area contributed by atoms with Gasteiger partial charge in [-0.25, -0.2) is 9.78 Å². The summed E-state index contributed by atoms with van der Waals surface area (Å²) in [6, 6.07) is 13.1. The first-order valence-corrected chi connectivity index (χ1v) is 11.2. The Bertz CT molecular complexity index is 1260. The smallest absolute Gasteiger partial charge is 0.408 e. The quantitative estimate of drug-likeness (QED) is 0.446. The SMILES string of the molecule is O=C(CCn1c(=O)oc2cc(Cl)ccc21)N1CCCCC1c1nc2ccccc2s1. The number of carbonyl (C=O) groups is 1. The van der Waals surface area contributed by atoms with E-state index < -0.39 is 5.76 Å². The van der Waals surface area contributed by atoms with Crippen molar-refractivity contribution in [3.63, 3.8) is 0 Å². The predicted molar refractivity (Wildman–Crippen MR) is 118 cm³/mol. The molecule has 8 heteroatoms. The predicted octanol–water partition coefficient (Wildman–Crippen LogP) is 5.00. The number of nitrogens with zero attached hydrogens (tertiary/aromatic N) is 3. The maximum atomic E-state index is 13.1. The lowest BCUT2D eigenvalue weighted by molar-refractivity contribution is -0.135. The van der Waals surface area contributed by atoms with Crippen molar-refractivity contribution in [1.82, 2.24) is 14.5 Å². The molecule has 1 fully saturated rings. The van der Waals surface area contributed by atoms with Crippen molar-refractivity contribution in [3.05, 3.63) is 63.0 Å². The molecule has 30 heavy (non-hydrogen) atoms. The van der Waals surface area contributed by atoms with E-state index in [1.54, 1.807) is 29.5 Å². The molecule has 0 spiro atoms. The fraction of sp³-hybridized carbons (Fsp3) is 0.318. The first-order chi connectivity index (χ1) is 14.6. The van der Waals surface area contributed by atoms with Gasteiger partial charge in [0.05, 0.1) is 21.8 Å². The number of rotatable bonds is 4. The van der Waals surface area contributed by atoms with Gasteiger partial charge in [0.1, 0.15) is 5.01 Å². The zero-order chi connectivity index (χ0) is 20.7. The van der Waals surface area contributed by atoms with Crippen molar-refractivity contribution in [2.45, 2.75) is 38.3 Å². The number of thiazole rings is 1. The topological polar surface area (TPSA) is 68.3 Å². The molecule has 3 heterocycles. The van der Waals surface area contributed by atoms with Gasteiger partial charge in [-0.2, -0.15) is 0 Å². The van der Waals surface area contributed by atoms with E-state index >= 15 is 0 Å². The number of likely N-dealkylation sites (tertiary alicyclic amines) is 1. The van der Waals surface area contributed by atoms with Gasteiger partial charge in [0.2, 0.25) is 5.91 Å². The molecule has 1 saturated heterocycles. The summed E-state index contributed by atoms with van der Waals surface area (Å²) in [6.45, 7) is 0.991. The number of amides is 1. The number of piperidine rings is 1. The third-order valence-corrected chi connectivity index (χ3v) is 6.97. The van der Waals surface area contributed by atoms with Gasteiger partial charge < -0.3 is 9.32 Å². The molecule has 1 aliphatic heterocycles. The number of carbonyl (C=O) groups excluding carboxylic acids is 1. The van der Waals surface area contributed by atoms with Crippen LogP contribution in [0.5, 0.6) is 0 Å². The van der Waals surface area contributed by atoms with Gasteiger partial charge in [-0.1, -0.05) is 23.7 Å². The number of hydrogen-bond donors (Lipinski definition) is 0. The first kappa shape index (κ1) is 19.3. The molecule has 154 valence electrons. The maximum absolute atomic E-state index is 13.1. The highest BCUT2D eigenvalue weighted by Crippen LogP contribution is 2.36. The van der Waals surface area contributed by atoms with Crippen LogP contribution in [0.25, 0.3) is 21.3 Å². The van der Waals surface area contributed by atoms with Crippen molar-refractivity contribution < 1.29 is 9.21 Å². The highest BCUT2D eigenvalue weighted by molar-refractivity contribution is 7.18. The third kappa shape index (κ3) is 3.52. The van der Waals surface area contributed by atoms with Crippen LogP contribution in [0.2, 0.25) is 5.02 Å². The largest absolute Gasteiger partial charge is 0.419 e. The van der Waals surface area contributed by atoms with Crippen LogP contribution >= 0.6 is 22.9 Å². The van der Waals surface area contributed by atoms with Crippen molar-refractivity contribution in [3.8, 4) is 0 Å². The number of aromatic nitrogens is 2. The molecule has 0 bridgehead atoms. The Balaban J connectivity index is 1.37. The second-order valence-corrected chi connectivity index (χ2v) is 9.00. The van der Waals surface area contributed by atoms with E-state index in [9.17, 15) is 9.59 Å². The lowest BCUT2D eigenvalue weighted by Gasteiger charge is -2.34. The number of hydrogen-bond acceptors (Lipinski definition) is 5. The fourth-order valence-corrected chi connectivity index (χ4v) is 5.40. The molecule has 4 aromatic rings. The Labute approximate surface area is 181 Å². The third-order valence-electron chi connectivity index (χ3n) is 5.60. The molecular weight excluding hydrogens is 422 g/mol. The molecule has 2 aromatic heterocycles. The fourth-order valence-electron chi connectivity index (χ4n) is 4.12. The van der Waals surface area contributed by atoms with Crippen LogP contribution in [0.4, 0.5) is 0 Å². The van der Waals surface area contributed by atoms with Gasteiger partial charge in [-0.05, 0) is 43.5 Å². The zero-order valence-corrected chi connectivity index (χ0v) is 17.8. The number of para-hydroxylation sites is 1. The number of benzene rings is 2. The Morgan fingerprint density at radius 1 is 1.23 bits per heavy atom. The molecule has 1 aliphatic rings. The molecule has 0 N–H and O–H groups in total. The summed E-state index contributed by atoms with van der Waals surface area (Å²) in [7, 11) is 0. The van der Waals surface area contributed by atoms with Crippen LogP contribution < -0.4 is 5.76 Å². The number of aryl methyl sites for hydroxylation is 1. The summed E-state index contributed by atoms with van der Waals surface area (Å²) < 4.78 is 7.91. The van der Waals surface area contributed by atoms with E-state index in [1.807, 2.05) is 23.1 Å². The summed E-state index contributed by atoms with van der Waals surface area (Å²) in [4.78, 5) is 32.1.